The van der Waals surface area contributed by atoms with Crippen molar-refractivity contribution >= 4 is 32.5 Å². The van der Waals surface area contributed by atoms with Gasteiger partial charge in [-0.3, -0.25) is 0 Å². The van der Waals surface area contributed by atoms with Crippen molar-refractivity contribution in [2.24, 2.45) is 0 Å². The zero-order chi connectivity index (χ0) is 12.4. The summed E-state index contributed by atoms with van der Waals surface area (Å²) in [7, 11) is 0. The Morgan fingerprint density at radius 1 is 1.39 bits per heavy atom. The van der Waals surface area contributed by atoms with Crippen LogP contribution < -0.4 is 10.6 Å². The summed E-state index contributed by atoms with van der Waals surface area (Å²) in [6.45, 7) is 2.08. The van der Waals surface area contributed by atoms with Crippen LogP contribution in [0.2, 0.25) is 0 Å². The molecule has 1 atom stereocenters. The van der Waals surface area contributed by atoms with Crippen molar-refractivity contribution in [2.45, 2.75) is 18.9 Å². The van der Waals surface area contributed by atoms with Gasteiger partial charge in [-0.2, -0.15) is 0 Å². The number of nitrogens with zero attached hydrogens (tertiary/aromatic N) is 1. The molecule has 1 unspecified atom stereocenters. The number of anilines is 1. The van der Waals surface area contributed by atoms with E-state index in [1.807, 2.05) is 12.3 Å². The van der Waals surface area contributed by atoms with Crippen LogP contribution in [0.25, 0.3) is 10.8 Å². The molecule has 4 heteroatoms. The Morgan fingerprint density at radius 3 is 3.17 bits per heavy atom. The molecule has 0 aliphatic carbocycles. The number of nitrogens with one attached hydrogen (secondary N) is 2. The van der Waals surface area contributed by atoms with Gasteiger partial charge in [0.05, 0.1) is 0 Å². The predicted octanol–water partition coefficient (Wildman–Crippen LogP) is 3.16. The number of pyridine rings is 1. The minimum absolute atomic E-state index is 0.578. The molecule has 1 aromatic heterocycles. The van der Waals surface area contributed by atoms with E-state index in [0.29, 0.717) is 6.04 Å². The maximum Gasteiger partial charge on any atom is 0.133 e. The van der Waals surface area contributed by atoms with E-state index in [0.717, 1.165) is 23.4 Å². The van der Waals surface area contributed by atoms with E-state index in [1.165, 1.54) is 23.6 Å². The fourth-order valence-electron chi connectivity index (χ4n) is 2.43. The summed E-state index contributed by atoms with van der Waals surface area (Å²) in [5.74, 6) is 0.975. The molecule has 2 heterocycles. The number of halogens is 1. The summed E-state index contributed by atoms with van der Waals surface area (Å²) in [4.78, 5) is 4.45. The molecule has 0 bridgehead atoms. The second-order valence-electron chi connectivity index (χ2n) is 4.70. The molecule has 1 aliphatic heterocycles. The van der Waals surface area contributed by atoms with Gasteiger partial charge >= 0.3 is 0 Å². The molecule has 1 aromatic carbocycles. The van der Waals surface area contributed by atoms with Crippen LogP contribution in [0.3, 0.4) is 0 Å². The summed E-state index contributed by atoms with van der Waals surface area (Å²) in [5.41, 5.74) is 0. The number of hydrogen-bond donors (Lipinski definition) is 2. The van der Waals surface area contributed by atoms with Crippen LogP contribution in [-0.4, -0.2) is 24.1 Å². The van der Waals surface area contributed by atoms with Crippen LogP contribution in [0.4, 0.5) is 5.82 Å². The lowest BCUT2D eigenvalue weighted by Crippen LogP contribution is -2.29. The first-order valence-corrected chi connectivity index (χ1v) is 7.14. The number of rotatable bonds is 3. The van der Waals surface area contributed by atoms with E-state index in [2.05, 4.69) is 49.7 Å². The molecular weight excluding hydrogens is 290 g/mol. The van der Waals surface area contributed by atoms with Gasteiger partial charge in [0.2, 0.25) is 0 Å². The second-order valence-corrected chi connectivity index (χ2v) is 5.61. The van der Waals surface area contributed by atoms with E-state index >= 15 is 0 Å². The fraction of sp³-hybridized carbons (Fsp3) is 0.357. The van der Waals surface area contributed by atoms with Crippen LogP contribution in [0.1, 0.15) is 12.8 Å². The minimum atomic E-state index is 0.578. The average molecular weight is 306 g/mol. The number of aromatic nitrogens is 1. The lowest BCUT2D eigenvalue weighted by Gasteiger charge is -2.13. The third-order valence-electron chi connectivity index (χ3n) is 3.41. The van der Waals surface area contributed by atoms with E-state index in [9.17, 15) is 0 Å². The highest BCUT2D eigenvalue weighted by Crippen LogP contribution is 2.24. The maximum atomic E-state index is 4.45. The van der Waals surface area contributed by atoms with Gasteiger partial charge in [-0.15, -0.1) is 0 Å². The summed E-state index contributed by atoms with van der Waals surface area (Å²) < 4.78 is 1.09. The Labute approximate surface area is 115 Å². The maximum absolute atomic E-state index is 4.45. The summed E-state index contributed by atoms with van der Waals surface area (Å²) in [5, 5.41) is 9.34. The molecule has 0 saturated carbocycles. The molecule has 1 fully saturated rings. The Kier molecular flexibility index (Phi) is 3.48. The van der Waals surface area contributed by atoms with Gasteiger partial charge in [0.15, 0.2) is 0 Å². The van der Waals surface area contributed by atoms with Crippen LogP contribution in [-0.2, 0) is 0 Å². The topological polar surface area (TPSA) is 37.0 Å². The van der Waals surface area contributed by atoms with E-state index in [4.69, 9.17) is 0 Å². The van der Waals surface area contributed by atoms with Gasteiger partial charge in [0.25, 0.3) is 0 Å². The first-order chi connectivity index (χ1) is 8.83. The van der Waals surface area contributed by atoms with Crippen molar-refractivity contribution < 1.29 is 0 Å². The lowest BCUT2D eigenvalue weighted by atomic mass is 10.1. The Bertz CT molecular complexity index is 550. The number of benzene rings is 1. The van der Waals surface area contributed by atoms with Crippen molar-refractivity contribution in [3.8, 4) is 0 Å². The van der Waals surface area contributed by atoms with Crippen molar-refractivity contribution in [2.75, 3.05) is 18.4 Å². The molecule has 1 aliphatic rings. The summed E-state index contributed by atoms with van der Waals surface area (Å²) >= 11 is 3.52. The molecular formula is C14H16BrN3. The van der Waals surface area contributed by atoms with Gasteiger partial charge in [-0.05, 0) is 43.0 Å². The number of hydrogen-bond acceptors (Lipinski definition) is 3. The normalized spacial score (nSPS) is 19.3. The van der Waals surface area contributed by atoms with E-state index in [1.54, 1.807) is 0 Å². The lowest BCUT2D eigenvalue weighted by molar-refractivity contribution is 0.633. The van der Waals surface area contributed by atoms with Gasteiger partial charge in [-0.25, -0.2) is 4.98 Å². The second kappa shape index (κ2) is 5.24. The molecule has 2 aromatic rings. The van der Waals surface area contributed by atoms with Gasteiger partial charge < -0.3 is 10.6 Å². The zero-order valence-corrected chi connectivity index (χ0v) is 11.7. The fourth-order valence-corrected chi connectivity index (χ4v) is 2.79. The molecule has 94 valence electrons. The number of fused-ring (bicyclic) bond motifs is 1. The average Bonchev–Trinajstić information content (AvgIpc) is 2.89. The third kappa shape index (κ3) is 2.49. The van der Waals surface area contributed by atoms with Crippen molar-refractivity contribution in [1.82, 2.24) is 10.3 Å². The van der Waals surface area contributed by atoms with Crippen LogP contribution in [0.15, 0.2) is 34.9 Å². The highest BCUT2D eigenvalue weighted by atomic mass is 79.9. The van der Waals surface area contributed by atoms with Crippen molar-refractivity contribution in [3.05, 3.63) is 34.9 Å². The van der Waals surface area contributed by atoms with Crippen molar-refractivity contribution in [3.63, 3.8) is 0 Å². The first kappa shape index (κ1) is 11.9. The summed E-state index contributed by atoms with van der Waals surface area (Å²) in [6.07, 6.45) is 4.39. The molecule has 3 nitrogen and oxygen atoms in total. The minimum Gasteiger partial charge on any atom is -0.368 e. The first-order valence-electron chi connectivity index (χ1n) is 6.34. The molecule has 1 saturated heterocycles. The monoisotopic (exact) mass is 305 g/mol. The largest absolute Gasteiger partial charge is 0.368 e. The molecule has 18 heavy (non-hydrogen) atoms. The van der Waals surface area contributed by atoms with E-state index in [-0.39, 0.29) is 0 Å². The quantitative estimate of drug-likeness (QED) is 0.914. The van der Waals surface area contributed by atoms with Crippen molar-refractivity contribution in [1.29, 1.82) is 0 Å². The van der Waals surface area contributed by atoms with Crippen LogP contribution in [0.5, 0.6) is 0 Å². The molecule has 0 spiro atoms. The summed E-state index contributed by atoms with van der Waals surface area (Å²) in [6, 6.07) is 8.91. The van der Waals surface area contributed by atoms with Gasteiger partial charge in [0.1, 0.15) is 5.82 Å². The Morgan fingerprint density at radius 2 is 2.33 bits per heavy atom. The zero-order valence-electron chi connectivity index (χ0n) is 10.1. The standard InChI is InChI=1S/C14H16BrN3/c15-11-4-3-10-5-7-17-14(13(10)8-11)18-9-12-2-1-6-16-12/h3-5,7-8,12,16H,1-2,6,9H2,(H,17,18). The SMILES string of the molecule is Brc1ccc2ccnc(NCC3CCCN3)c2c1. The van der Waals surface area contributed by atoms with Crippen LogP contribution in [0, 0.1) is 0 Å². The third-order valence-corrected chi connectivity index (χ3v) is 3.90. The molecule has 3 rings (SSSR count). The predicted molar refractivity (Wildman–Crippen MR) is 79.0 cm³/mol. The Balaban J connectivity index is 1.84. The molecule has 0 amide bonds. The highest BCUT2D eigenvalue weighted by Gasteiger charge is 2.14. The van der Waals surface area contributed by atoms with E-state index < -0.39 is 0 Å². The Hall–Kier alpha value is -1.13. The smallest absolute Gasteiger partial charge is 0.133 e. The van der Waals surface area contributed by atoms with Gasteiger partial charge in [0, 0.05) is 28.6 Å². The van der Waals surface area contributed by atoms with Gasteiger partial charge in [-0.1, -0.05) is 22.0 Å². The molecule has 2 N–H and O–H groups in total. The van der Waals surface area contributed by atoms with Crippen LogP contribution >= 0.6 is 15.9 Å². The molecule has 0 radical (unpaired) electrons. The highest BCUT2D eigenvalue weighted by molar-refractivity contribution is 9.10.